The summed E-state index contributed by atoms with van der Waals surface area (Å²) in [6.45, 7) is 3.89. The highest BCUT2D eigenvalue weighted by molar-refractivity contribution is 7.63. The highest BCUT2D eigenvalue weighted by atomic mass is 31.1. The molecule has 0 radical (unpaired) electrons. The van der Waals surface area contributed by atoms with E-state index in [9.17, 15) is 9.36 Å². The molecule has 1 aliphatic heterocycles. The van der Waals surface area contributed by atoms with E-state index in [0.717, 1.165) is 27.6 Å². The lowest BCUT2D eigenvalue weighted by molar-refractivity contribution is 0.103. The Morgan fingerprint density at radius 2 is 1.42 bits per heavy atom. The smallest absolute Gasteiger partial charge is 0.288 e. The second kappa shape index (κ2) is 5.51. The minimum atomic E-state index is -1.73. The molecule has 0 spiro atoms. The standard InChI is InChI=1S/C21H16O2P/c1-13-7-5-8-14(2)19(13)20(22)17-11-6-10-16-15-9-3-4-12-18(15)24(23)21(16)17/h3-12H,1-2H3/q+1. The zero-order valence-corrected chi connectivity index (χ0v) is 14.4. The Bertz CT molecular complexity index is 998. The Hall–Kier alpha value is -2.57. The molecule has 0 aromatic heterocycles. The van der Waals surface area contributed by atoms with Gasteiger partial charge in [-0.05, 0) is 49.2 Å². The Kier molecular flexibility index (Phi) is 3.44. The minimum Gasteiger partial charge on any atom is -0.288 e. The molecule has 4 rings (SSSR count). The van der Waals surface area contributed by atoms with E-state index in [0.29, 0.717) is 16.4 Å². The van der Waals surface area contributed by atoms with Gasteiger partial charge in [0, 0.05) is 16.7 Å². The van der Waals surface area contributed by atoms with Crippen molar-refractivity contribution in [1.29, 1.82) is 0 Å². The number of ketones is 1. The summed E-state index contributed by atoms with van der Waals surface area (Å²) in [5, 5.41) is 1.51. The van der Waals surface area contributed by atoms with E-state index in [2.05, 4.69) is 0 Å². The van der Waals surface area contributed by atoms with E-state index in [1.165, 1.54) is 0 Å². The van der Waals surface area contributed by atoms with Crippen molar-refractivity contribution in [3.8, 4) is 11.1 Å². The van der Waals surface area contributed by atoms with Gasteiger partial charge in [0.2, 0.25) is 10.6 Å². The van der Waals surface area contributed by atoms with Crippen LogP contribution in [0, 0.1) is 13.8 Å². The van der Waals surface area contributed by atoms with Crippen LogP contribution in [0.5, 0.6) is 0 Å². The number of carbonyl (C=O) groups is 1. The molecule has 116 valence electrons. The van der Waals surface area contributed by atoms with Crippen LogP contribution in [0.25, 0.3) is 11.1 Å². The third kappa shape index (κ3) is 2.07. The number of hydrogen-bond donors (Lipinski definition) is 0. The van der Waals surface area contributed by atoms with Gasteiger partial charge in [0.25, 0.3) is 0 Å². The van der Waals surface area contributed by atoms with Crippen LogP contribution in [0.1, 0.15) is 27.0 Å². The molecule has 1 unspecified atom stereocenters. The second-order valence-electron chi connectivity index (χ2n) is 6.11. The first-order valence-corrected chi connectivity index (χ1v) is 9.16. The number of rotatable bonds is 2. The fourth-order valence-electron chi connectivity index (χ4n) is 3.47. The summed E-state index contributed by atoms with van der Waals surface area (Å²) in [4.78, 5) is 13.2. The predicted octanol–water partition coefficient (Wildman–Crippen LogP) is 4.29. The molecule has 1 heterocycles. The molecule has 2 nitrogen and oxygen atoms in total. The van der Waals surface area contributed by atoms with Gasteiger partial charge in [-0.15, -0.1) is 0 Å². The Morgan fingerprint density at radius 3 is 2.17 bits per heavy atom. The van der Waals surface area contributed by atoms with Crippen molar-refractivity contribution < 1.29 is 9.36 Å². The molecule has 0 saturated carbocycles. The van der Waals surface area contributed by atoms with Crippen LogP contribution in [0.3, 0.4) is 0 Å². The van der Waals surface area contributed by atoms with Crippen molar-refractivity contribution in [3.63, 3.8) is 0 Å². The monoisotopic (exact) mass is 331 g/mol. The van der Waals surface area contributed by atoms with Crippen LogP contribution in [0.15, 0.2) is 60.7 Å². The maximum atomic E-state index is 13.2. The highest BCUT2D eigenvalue weighted by Gasteiger charge is 2.42. The summed E-state index contributed by atoms with van der Waals surface area (Å²) >= 11 is 0. The Labute approximate surface area is 142 Å². The molecule has 0 amide bonds. The number of fused-ring (bicyclic) bond motifs is 3. The van der Waals surface area contributed by atoms with E-state index in [1.807, 2.05) is 68.4 Å². The topological polar surface area (TPSA) is 34.1 Å². The van der Waals surface area contributed by atoms with Crippen LogP contribution in [-0.4, -0.2) is 5.78 Å². The second-order valence-corrected chi connectivity index (χ2v) is 7.63. The van der Waals surface area contributed by atoms with Gasteiger partial charge in [0.05, 0.1) is 5.56 Å². The number of aryl methyl sites for hydroxylation is 2. The number of benzene rings is 3. The maximum absolute atomic E-state index is 13.2. The van der Waals surface area contributed by atoms with Gasteiger partial charge in [0.1, 0.15) is 0 Å². The van der Waals surface area contributed by atoms with Gasteiger partial charge in [0.15, 0.2) is 5.78 Å². The van der Waals surface area contributed by atoms with Gasteiger partial charge in [-0.2, -0.15) is 0 Å². The molecule has 0 aliphatic carbocycles. The molecular weight excluding hydrogens is 315 g/mol. The van der Waals surface area contributed by atoms with Crippen molar-refractivity contribution >= 4 is 24.2 Å². The van der Waals surface area contributed by atoms with Gasteiger partial charge in [-0.25, -0.2) is 0 Å². The van der Waals surface area contributed by atoms with E-state index in [4.69, 9.17) is 0 Å². The summed E-state index contributed by atoms with van der Waals surface area (Å²) in [5.74, 6) is -0.0430. The normalized spacial score (nSPS) is 13.5. The fraction of sp³-hybridized carbons (Fsp3) is 0.0952. The van der Waals surface area contributed by atoms with Gasteiger partial charge in [-0.3, -0.25) is 4.79 Å². The molecule has 3 aromatic carbocycles. The Morgan fingerprint density at radius 1 is 0.792 bits per heavy atom. The lowest BCUT2D eigenvalue weighted by Gasteiger charge is -2.09. The third-order valence-electron chi connectivity index (χ3n) is 4.60. The average molecular weight is 331 g/mol. The van der Waals surface area contributed by atoms with Crippen LogP contribution in [-0.2, 0) is 4.57 Å². The molecule has 0 N–H and O–H groups in total. The Balaban J connectivity index is 1.95. The summed E-state index contributed by atoms with van der Waals surface area (Å²) in [5.41, 5.74) is 5.06. The minimum absolute atomic E-state index is 0.0430. The molecular formula is C21H16O2P+. The molecule has 0 bridgehead atoms. The van der Waals surface area contributed by atoms with Crippen LogP contribution in [0.4, 0.5) is 0 Å². The zero-order chi connectivity index (χ0) is 16.8. The van der Waals surface area contributed by atoms with Crippen molar-refractivity contribution in [1.82, 2.24) is 0 Å². The lowest BCUT2D eigenvalue weighted by Crippen LogP contribution is -2.16. The maximum Gasteiger partial charge on any atom is 0.417 e. The van der Waals surface area contributed by atoms with E-state index in [-0.39, 0.29) is 5.78 Å². The van der Waals surface area contributed by atoms with Crippen LogP contribution in [0.2, 0.25) is 0 Å². The highest BCUT2D eigenvalue weighted by Crippen LogP contribution is 2.39. The first kappa shape index (κ1) is 15.0. The molecule has 1 atom stereocenters. The molecule has 3 aromatic rings. The summed E-state index contributed by atoms with van der Waals surface area (Å²) < 4.78 is 13.0. The van der Waals surface area contributed by atoms with Gasteiger partial charge in [-0.1, -0.05) is 41.0 Å². The van der Waals surface area contributed by atoms with Crippen molar-refractivity contribution in [2.45, 2.75) is 13.8 Å². The fourth-order valence-corrected chi connectivity index (χ4v) is 5.15. The molecule has 24 heavy (non-hydrogen) atoms. The largest absolute Gasteiger partial charge is 0.417 e. The van der Waals surface area contributed by atoms with Crippen molar-refractivity contribution in [2.75, 3.05) is 0 Å². The van der Waals surface area contributed by atoms with Crippen LogP contribution >= 0.6 is 7.80 Å². The quantitative estimate of drug-likeness (QED) is 0.405. The molecule has 1 aliphatic rings. The average Bonchev–Trinajstić information content (AvgIpc) is 2.88. The van der Waals surface area contributed by atoms with Crippen LogP contribution < -0.4 is 10.6 Å². The first-order valence-electron chi connectivity index (χ1n) is 7.90. The lowest BCUT2D eigenvalue weighted by atomic mass is 9.93. The predicted molar refractivity (Wildman–Crippen MR) is 98.1 cm³/mol. The van der Waals surface area contributed by atoms with Gasteiger partial charge < -0.3 is 0 Å². The van der Waals surface area contributed by atoms with Gasteiger partial charge >= 0.3 is 7.80 Å². The van der Waals surface area contributed by atoms with E-state index in [1.54, 1.807) is 6.07 Å². The summed E-state index contributed by atoms with van der Waals surface area (Å²) in [7, 11) is -1.73. The number of hydrogen-bond acceptors (Lipinski definition) is 2. The summed E-state index contributed by atoms with van der Waals surface area (Å²) in [6, 6.07) is 19.2. The first-order chi connectivity index (χ1) is 11.6. The summed E-state index contributed by atoms with van der Waals surface area (Å²) in [6.07, 6.45) is 0. The molecule has 0 fully saturated rings. The van der Waals surface area contributed by atoms with E-state index < -0.39 is 7.80 Å². The SMILES string of the molecule is Cc1cccc(C)c1C(=O)c1cccc2c1[P+](=O)c1ccccc1-2. The number of carbonyl (C=O) groups excluding carboxylic acids is 1. The molecule has 0 saturated heterocycles. The van der Waals surface area contributed by atoms with E-state index >= 15 is 0 Å². The zero-order valence-electron chi connectivity index (χ0n) is 13.5. The van der Waals surface area contributed by atoms with Crippen molar-refractivity contribution in [3.05, 3.63) is 82.9 Å². The molecule has 3 heteroatoms. The van der Waals surface area contributed by atoms with Crippen molar-refractivity contribution in [2.24, 2.45) is 0 Å². The third-order valence-corrected chi connectivity index (χ3v) is 6.32.